The Kier molecular flexibility index (Phi) is 4.21. The Bertz CT molecular complexity index is 404. The SMILES string of the molecule is O=C(O)[C@H]1CCCN(S(=O)(=O)N2CCOCC2)C1. The van der Waals surface area contributed by atoms with Crippen LogP contribution in [0.4, 0.5) is 0 Å². The Labute approximate surface area is 106 Å². The Morgan fingerprint density at radius 3 is 2.44 bits per heavy atom. The Morgan fingerprint density at radius 2 is 1.83 bits per heavy atom. The monoisotopic (exact) mass is 278 g/mol. The van der Waals surface area contributed by atoms with Crippen molar-refractivity contribution in [2.75, 3.05) is 39.4 Å². The van der Waals surface area contributed by atoms with Gasteiger partial charge in [0.1, 0.15) is 0 Å². The van der Waals surface area contributed by atoms with Crippen molar-refractivity contribution in [1.82, 2.24) is 8.61 Å². The molecule has 1 atom stereocenters. The lowest BCUT2D eigenvalue weighted by Gasteiger charge is -2.35. The van der Waals surface area contributed by atoms with Gasteiger partial charge >= 0.3 is 5.97 Å². The topological polar surface area (TPSA) is 87.2 Å². The van der Waals surface area contributed by atoms with Crippen LogP contribution in [0.5, 0.6) is 0 Å². The molecule has 2 aliphatic heterocycles. The Morgan fingerprint density at radius 1 is 1.17 bits per heavy atom. The minimum absolute atomic E-state index is 0.0784. The zero-order valence-electron chi connectivity index (χ0n) is 10.1. The molecule has 0 bridgehead atoms. The molecule has 0 spiro atoms. The van der Waals surface area contributed by atoms with Crippen LogP contribution in [0.2, 0.25) is 0 Å². The molecule has 2 fully saturated rings. The number of hydrogen-bond donors (Lipinski definition) is 1. The van der Waals surface area contributed by atoms with E-state index < -0.39 is 22.1 Å². The average molecular weight is 278 g/mol. The number of carbonyl (C=O) groups is 1. The maximum Gasteiger partial charge on any atom is 0.307 e. The first kappa shape index (κ1) is 13.7. The summed E-state index contributed by atoms with van der Waals surface area (Å²) >= 11 is 0. The van der Waals surface area contributed by atoms with Gasteiger partial charge in [-0.25, -0.2) is 0 Å². The third kappa shape index (κ3) is 2.82. The molecule has 0 aromatic carbocycles. The maximum atomic E-state index is 12.3. The lowest BCUT2D eigenvalue weighted by molar-refractivity contribution is -0.142. The summed E-state index contributed by atoms with van der Waals surface area (Å²) in [6.07, 6.45) is 1.14. The number of carboxylic acids is 1. The molecular formula is C10H18N2O5S. The molecule has 0 aromatic rings. The van der Waals surface area contributed by atoms with E-state index in [-0.39, 0.29) is 6.54 Å². The zero-order chi connectivity index (χ0) is 13.2. The number of piperidine rings is 1. The predicted octanol–water partition coefficient (Wildman–Crippen LogP) is -0.640. The van der Waals surface area contributed by atoms with E-state index in [2.05, 4.69) is 0 Å². The minimum atomic E-state index is -3.53. The van der Waals surface area contributed by atoms with Crippen LogP contribution in [-0.2, 0) is 19.7 Å². The van der Waals surface area contributed by atoms with Gasteiger partial charge in [0.05, 0.1) is 19.1 Å². The number of nitrogens with zero attached hydrogens (tertiary/aromatic N) is 2. The van der Waals surface area contributed by atoms with E-state index in [1.54, 1.807) is 0 Å². The van der Waals surface area contributed by atoms with Gasteiger partial charge in [-0.15, -0.1) is 0 Å². The third-order valence-electron chi connectivity index (χ3n) is 3.36. The summed E-state index contributed by atoms with van der Waals surface area (Å²) in [5, 5.41) is 8.98. The van der Waals surface area contributed by atoms with Gasteiger partial charge < -0.3 is 9.84 Å². The van der Waals surface area contributed by atoms with Gasteiger partial charge in [-0.3, -0.25) is 4.79 Å². The fraction of sp³-hybridized carbons (Fsp3) is 0.900. The number of morpholine rings is 1. The Hall–Kier alpha value is -0.700. The standard InChI is InChI=1S/C10H18N2O5S/c13-10(14)9-2-1-3-12(8-9)18(15,16)11-4-6-17-7-5-11/h9H,1-8H2,(H,13,14)/t9-/m0/s1. The third-order valence-corrected chi connectivity index (χ3v) is 5.36. The molecule has 0 amide bonds. The van der Waals surface area contributed by atoms with Gasteiger partial charge in [0.15, 0.2) is 0 Å². The number of aliphatic carboxylic acids is 1. The first-order valence-electron chi connectivity index (χ1n) is 6.07. The fourth-order valence-corrected chi connectivity index (χ4v) is 3.96. The zero-order valence-corrected chi connectivity index (χ0v) is 10.9. The number of rotatable bonds is 3. The van der Waals surface area contributed by atoms with Crippen LogP contribution in [0.3, 0.4) is 0 Å². The lowest BCUT2D eigenvalue weighted by Crippen LogP contribution is -2.52. The van der Waals surface area contributed by atoms with Crippen LogP contribution in [0.25, 0.3) is 0 Å². The highest BCUT2D eigenvalue weighted by molar-refractivity contribution is 7.86. The number of carboxylic acid groups (broad SMARTS) is 1. The van der Waals surface area contributed by atoms with Gasteiger partial charge in [0.25, 0.3) is 10.2 Å². The molecule has 0 aromatic heterocycles. The molecule has 0 saturated carbocycles. The first-order chi connectivity index (χ1) is 8.51. The van der Waals surface area contributed by atoms with Crippen molar-refractivity contribution < 1.29 is 23.1 Å². The summed E-state index contributed by atoms with van der Waals surface area (Å²) in [5.74, 6) is -1.51. The van der Waals surface area contributed by atoms with E-state index in [0.717, 1.165) is 0 Å². The summed E-state index contributed by atoms with van der Waals surface area (Å²) in [6, 6.07) is 0. The molecule has 2 saturated heterocycles. The van der Waals surface area contributed by atoms with E-state index in [1.165, 1.54) is 8.61 Å². The molecule has 8 heteroatoms. The molecule has 1 N–H and O–H groups in total. The van der Waals surface area contributed by atoms with Crippen molar-refractivity contribution in [3.8, 4) is 0 Å². The second-order valence-corrected chi connectivity index (χ2v) is 6.48. The number of ether oxygens (including phenoxy) is 1. The lowest BCUT2D eigenvalue weighted by atomic mass is 10.0. The molecular weight excluding hydrogens is 260 g/mol. The van der Waals surface area contributed by atoms with Gasteiger partial charge in [0.2, 0.25) is 0 Å². The molecule has 0 radical (unpaired) electrons. The molecule has 18 heavy (non-hydrogen) atoms. The quantitative estimate of drug-likeness (QED) is 0.742. The molecule has 2 aliphatic rings. The second kappa shape index (κ2) is 5.52. The molecule has 104 valence electrons. The van der Waals surface area contributed by atoms with Crippen molar-refractivity contribution in [2.45, 2.75) is 12.8 Å². The highest BCUT2D eigenvalue weighted by Gasteiger charge is 2.36. The van der Waals surface area contributed by atoms with E-state index in [4.69, 9.17) is 9.84 Å². The summed E-state index contributed by atoms with van der Waals surface area (Å²) < 4.78 is 32.4. The van der Waals surface area contributed by atoms with Crippen LogP contribution >= 0.6 is 0 Å². The van der Waals surface area contributed by atoms with Crippen LogP contribution in [0, 0.1) is 5.92 Å². The van der Waals surface area contributed by atoms with Crippen molar-refractivity contribution in [3.05, 3.63) is 0 Å². The number of hydrogen-bond acceptors (Lipinski definition) is 4. The normalized spacial score (nSPS) is 28.1. The first-order valence-corrected chi connectivity index (χ1v) is 7.47. The Balaban J connectivity index is 2.06. The van der Waals surface area contributed by atoms with Crippen molar-refractivity contribution in [2.24, 2.45) is 5.92 Å². The van der Waals surface area contributed by atoms with E-state index in [1.807, 2.05) is 0 Å². The van der Waals surface area contributed by atoms with Crippen LogP contribution < -0.4 is 0 Å². The predicted molar refractivity (Wildman–Crippen MR) is 63.2 cm³/mol. The molecule has 0 unspecified atom stereocenters. The van der Waals surface area contributed by atoms with E-state index in [0.29, 0.717) is 45.7 Å². The summed E-state index contributed by atoms with van der Waals surface area (Å²) in [7, 11) is -3.53. The molecule has 2 heterocycles. The van der Waals surface area contributed by atoms with Gasteiger partial charge in [-0.05, 0) is 12.8 Å². The smallest absolute Gasteiger partial charge is 0.307 e. The maximum absolute atomic E-state index is 12.3. The summed E-state index contributed by atoms with van der Waals surface area (Å²) in [6.45, 7) is 1.97. The highest BCUT2D eigenvalue weighted by atomic mass is 32.2. The van der Waals surface area contributed by atoms with Crippen molar-refractivity contribution >= 4 is 16.2 Å². The largest absolute Gasteiger partial charge is 0.481 e. The van der Waals surface area contributed by atoms with Crippen LogP contribution in [-0.4, -0.2) is 67.5 Å². The van der Waals surface area contributed by atoms with Crippen molar-refractivity contribution in [3.63, 3.8) is 0 Å². The van der Waals surface area contributed by atoms with E-state index >= 15 is 0 Å². The molecule has 0 aliphatic carbocycles. The molecule has 2 rings (SSSR count). The van der Waals surface area contributed by atoms with Gasteiger partial charge in [-0.1, -0.05) is 0 Å². The summed E-state index contributed by atoms with van der Waals surface area (Å²) in [4.78, 5) is 10.9. The van der Waals surface area contributed by atoms with Gasteiger partial charge in [-0.2, -0.15) is 17.0 Å². The summed E-state index contributed by atoms with van der Waals surface area (Å²) in [5.41, 5.74) is 0. The van der Waals surface area contributed by atoms with E-state index in [9.17, 15) is 13.2 Å². The van der Waals surface area contributed by atoms with Gasteiger partial charge in [0, 0.05) is 26.2 Å². The minimum Gasteiger partial charge on any atom is -0.481 e. The van der Waals surface area contributed by atoms with Crippen LogP contribution in [0.15, 0.2) is 0 Å². The second-order valence-electron chi connectivity index (χ2n) is 4.55. The fourth-order valence-electron chi connectivity index (χ4n) is 2.29. The molecule has 7 nitrogen and oxygen atoms in total. The van der Waals surface area contributed by atoms with Crippen molar-refractivity contribution in [1.29, 1.82) is 0 Å². The average Bonchev–Trinajstić information content (AvgIpc) is 2.40. The van der Waals surface area contributed by atoms with Crippen LogP contribution in [0.1, 0.15) is 12.8 Å². The highest BCUT2D eigenvalue weighted by Crippen LogP contribution is 2.21.